The Morgan fingerprint density at radius 1 is 1.28 bits per heavy atom. The van der Waals surface area contributed by atoms with Gasteiger partial charge in [-0.1, -0.05) is 18.2 Å². The predicted molar refractivity (Wildman–Crippen MR) is 92.5 cm³/mol. The molecule has 1 aliphatic rings. The lowest BCUT2D eigenvalue weighted by Gasteiger charge is -2.38. The molecule has 0 radical (unpaired) electrons. The monoisotopic (exact) mass is 345 g/mol. The molecule has 0 spiro atoms. The number of aromatic nitrogens is 2. The zero-order chi connectivity index (χ0) is 18.0. The fraction of sp³-hybridized carbons (Fsp3) is 0.474. The Morgan fingerprint density at radius 3 is 2.52 bits per heavy atom. The highest BCUT2D eigenvalue weighted by Gasteiger charge is 2.41. The summed E-state index contributed by atoms with van der Waals surface area (Å²) in [6.45, 7) is 2.89. The number of rotatable bonds is 4. The normalized spacial score (nSPS) is 18.2. The van der Waals surface area contributed by atoms with Crippen LogP contribution in [0.5, 0.6) is 0 Å². The van der Waals surface area contributed by atoms with E-state index in [4.69, 9.17) is 4.74 Å². The molecular weight excluding hydrogens is 321 g/mol. The van der Waals surface area contributed by atoms with Crippen molar-refractivity contribution >= 4 is 5.91 Å². The molecule has 0 saturated carbocycles. The highest BCUT2D eigenvalue weighted by atomic mass is 19.1. The van der Waals surface area contributed by atoms with Crippen molar-refractivity contribution in [2.45, 2.75) is 31.3 Å². The summed E-state index contributed by atoms with van der Waals surface area (Å²) in [5.41, 5.74) is 0.150. The topological polar surface area (TPSA) is 47.4 Å². The molecule has 134 valence electrons. The summed E-state index contributed by atoms with van der Waals surface area (Å²) in [5, 5.41) is 4.22. The van der Waals surface area contributed by atoms with E-state index < -0.39 is 11.4 Å². The van der Waals surface area contributed by atoms with Gasteiger partial charge in [0.05, 0.1) is 0 Å². The van der Waals surface area contributed by atoms with E-state index in [9.17, 15) is 9.18 Å². The molecule has 1 aliphatic heterocycles. The van der Waals surface area contributed by atoms with E-state index >= 15 is 0 Å². The minimum atomic E-state index is -1.31. The maximum Gasteiger partial charge on any atom is 0.259 e. The first-order valence-corrected chi connectivity index (χ1v) is 8.55. The van der Waals surface area contributed by atoms with Crippen LogP contribution in [-0.4, -0.2) is 40.8 Å². The SMILES string of the molecule is CO[C@@](C)(C(=O)N1CCC(c2ccnn2C)CC1)c1ccccc1F. The van der Waals surface area contributed by atoms with Gasteiger partial charge in [-0.15, -0.1) is 0 Å². The van der Waals surface area contributed by atoms with Crippen molar-refractivity contribution in [3.63, 3.8) is 0 Å². The number of hydrogen-bond donors (Lipinski definition) is 0. The van der Waals surface area contributed by atoms with Gasteiger partial charge in [-0.25, -0.2) is 4.39 Å². The van der Waals surface area contributed by atoms with Gasteiger partial charge in [0.2, 0.25) is 0 Å². The number of hydrogen-bond acceptors (Lipinski definition) is 3. The molecule has 3 rings (SSSR count). The average Bonchev–Trinajstić information content (AvgIpc) is 3.07. The molecular formula is C19H24FN3O2. The molecule has 2 heterocycles. The first-order chi connectivity index (χ1) is 12.0. The van der Waals surface area contributed by atoms with Gasteiger partial charge in [0.1, 0.15) is 5.82 Å². The Hall–Kier alpha value is -2.21. The van der Waals surface area contributed by atoms with Crippen LogP contribution in [0.3, 0.4) is 0 Å². The van der Waals surface area contributed by atoms with Gasteiger partial charge < -0.3 is 9.64 Å². The van der Waals surface area contributed by atoms with Crippen molar-refractivity contribution < 1.29 is 13.9 Å². The zero-order valence-electron chi connectivity index (χ0n) is 14.9. The maximum atomic E-state index is 14.2. The number of carbonyl (C=O) groups is 1. The molecule has 1 saturated heterocycles. The van der Waals surface area contributed by atoms with E-state index in [1.807, 2.05) is 17.8 Å². The van der Waals surface area contributed by atoms with Crippen LogP contribution in [0.15, 0.2) is 36.5 Å². The number of likely N-dealkylation sites (tertiary alicyclic amines) is 1. The second kappa shape index (κ2) is 6.96. The third-order valence-electron chi connectivity index (χ3n) is 5.26. The molecule has 0 bridgehead atoms. The number of amides is 1. The summed E-state index contributed by atoms with van der Waals surface area (Å²) >= 11 is 0. The van der Waals surface area contributed by atoms with Gasteiger partial charge in [-0.05, 0) is 31.9 Å². The van der Waals surface area contributed by atoms with Gasteiger partial charge in [0.15, 0.2) is 5.60 Å². The van der Waals surface area contributed by atoms with Gasteiger partial charge in [0.25, 0.3) is 5.91 Å². The van der Waals surface area contributed by atoms with Crippen molar-refractivity contribution in [3.8, 4) is 0 Å². The van der Waals surface area contributed by atoms with Crippen molar-refractivity contribution in [1.82, 2.24) is 14.7 Å². The molecule has 1 aromatic heterocycles. The second-order valence-electron chi connectivity index (χ2n) is 6.66. The van der Waals surface area contributed by atoms with E-state index in [0.29, 0.717) is 19.0 Å². The lowest BCUT2D eigenvalue weighted by molar-refractivity contribution is -0.155. The molecule has 0 aliphatic carbocycles. The maximum absolute atomic E-state index is 14.2. The molecule has 1 atom stereocenters. The van der Waals surface area contributed by atoms with Gasteiger partial charge >= 0.3 is 0 Å². The molecule has 1 fully saturated rings. The molecule has 1 amide bonds. The van der Waals surface area contributed by atoms with Crippen LogP contribution in [0.25, 0.3) is 0 Å². The quantitative estimate of drug-likeness (QED) is 0.856. The highest BCUT2D eigenvalue weighted by molar-refractivity contribution is 5.86. The van der Waals surface area contributed by atoms with E-state index in [0.717, 1.165) is 12.8 Å². The summed E-state index contributed by atoms with van der Waals surface area (Å²) in [6.07, 6.45) is 3.53. The van der Waals surface area contributed by atoms with Gasteiger partial charge in [-0.2, -0.15) is 5.10 Å². The first-order valence-electron chi connectivity index (χ1n) is 8.55. The van der Waals surface area contributed by atoms with Crippen LogP contribution in [0.4, 0.5) is 4.39 Å². The Kier molecular flexibility index (Phi) is 4.90. The van der Waals surface area contributed by atoms with Crippen molar-refractivity contribution in [1.29, 1.82) is 0 Å². The van der Waals surface area contributed by atoms with Gasteiger partial charge in [-0.3, -0.25) is 9.48 Å². The number of aryl methyl sites for hydroxylation is 1. The number of benzene rings is 1. The average molecular weight is 345 g/mol. The number of halogens is 1. The van der Waals surface area contributed by atoms with Crippen LogP contribution in [0.2, 0.25) is 0 Å². The minimum absolute atomic E-state index is 0.191. The molecule has 1 aromatic carbocycles. The summed E-state index contributed by atoms with van der Waals surface area (Å²) in [4.78, 5) is 14.9. The first kappa shape index (κ1) is 17.6. The Labute approximate surface area is 147 Å². The highest BCUT2D eigenvalue weighted by Crippen LogP contribution is 2.33. The second-order valence-corrected chi connectivity index (χ2v) is 6.66. The molecule has 0 unspecified atom stereocenters. The smallest absolute Gasteiger partial charge is 0.259 e. The standard InChI is InChI=1S/C19H24FN3O2/c1-19(25-3,15-6-4-5-7-16(15)20)18(24)23-12-9-14(10-13-23)17-8-11-21-22(17)2/h4-8,11,14H,9-10,12-13H2,1-3H3/t19-/m1/s1. The van der Waals surface area contributed by atoms with Crippen molar-refractivity contribution in [3.05, 3.63) is 53.6 Å². The fourth-order valence-electron chi connectivity index (χ4n) is 3.63. The number of methoxy groups -OCH3 is 1. The number of nitrogens with zero attached hydrogens (tertiary/aromatic N) is 3. The molecule has 0 N–H and O–H groups in total. The number of piperidine rings is 1. The van der Waals surface area contributed by atoms with Crippen molar-refractivity contribution in [2.75, 3.05) is 20.2 Å². The van der Waals surface area contributed by atoms with E-state index in [1.165, 1.54) is 18.9 Å². The van der Waals surface area contributed by atoms with E-state index in [1.54, 1.807) is 36.2 Å². The molecule has 25 heavy (non-hydrogen) atoms. The van der Waals surface area contributed by atoms with E-state index in [-0.39, 0.29) is 11.5 Å². The lowest BCUT2D eigenvalue weighted by Crippen LogP contribution is -2.49. The summed E-state index contributed by atoms with van der Waals surface area (Å²) in [7, 11) is 3.39. The third kappa shape index (κ3) is 3.18. The summed E-state index contributed by atoms with van der Waals surface area (Å²) in [5.74, 6) is -0.229. The largest absolute Gasteiger partial charge is 0.364 e. The zero-order valence-corrected chi connectivity index (χ0v) is 14.9. The summed E-state index contributed by atoms with van der Waals surface area (Å²) in [6, 6.07) is 8.32. The lowest BCUT2D eigenvalue weighted by atomic mass is 9.89. The Morgan fingerprint density at radius 2 is 1.96 bits per heavy atom. The predicted octanol–water partition coefficient (Wildman–Crippen LogP) is 2.83. The summed E-state index contributed by atoms with van der Waals surface area (Å²) < 4.78 is 21.6. The van der Waals surface area contributed by atoms with Crippen LogP contribution >= 0.6 is 0 Å². The van der Waals surface area contributed by atoms with Crippen molar-refractivity contribution in [2.24, 2.45) is 7.05 Å². The number of carbonyl (C=O) groups excluding carboxylic acids is 1. The third-order valence-corrected chi connectivity index (χ3v) is 5.26. The number of ether oxygens (including phenoxy) is 1. The van der Waals surface area contributed by atoms with Gasteiger partial charge in [0, 0.05) is 50.6 Å². The Balaban J connectivity index is 1.75. The Bertz CT molecular complexity index is 753. The molecule has 2 aromatic rings. The minimum Gasteiger partial charge on any atom is -0.364 e. The fourth-order valence-corrected chi connectivity index (χ4v) is 3.63. The van der Waals surface area contributed by atoms with Crippen LogP contribution in [0.1, 0.15) is 36.9 Å². The van der Waals surface area contributed by atoms with Crippen LogP contribution < -0.4 is 0 Å². The van der Waals surface area contributed by atoms with Crippen LogP contribution in [-0.2, 0) is 22.2 Å². The molecule has 6 heteroatoms. The molecule has 5 nitrogen and oxygen atoms in total. The van der Waals surface area contributed by atoms with E-state index in [2.05, 4.69) is 5.10 Å². The van der Waals surface area contributed by atoms with Crippen LogP contribution in [0, 0.1) is 5.82 Å².